The summed E-state index contributed by atoms with van der Waals surface area (Å²) in [6, 6.07) is 0.0135. The first kappa shape index (κ1) is 11.3. The first-order valence-electron chi connectivity index (χ1n) is 5.43. The zero-order valence-electron chi connectivity index (χ0n) is 8.76. The summed E-state index contributed by atoms with van der Waals surface area (Å²) in [6.45, 7) is 2.19. The number of sulfonamides is 1. The van der Waals surface area contributed by atoms with Gasteiger partial charge in [0.05, 0.1) is 5.25 Å². The molecule has 0 bridgehead atoms. The largest absolute Gasteiger partial charge is 0.381 e. The van der Waals surface area contributed by atoms with Crippen LogP contribution in [0.5, 0.6) is 0 Å². The smallest absolute Gasteiger partial charge is 0.217 e. The van der Waals surface area contributed by atoms with Crippen molar-refractivity contribution in [3.63, 3.8) is 0 Å². The van der Waals surface area contributed by atoms with Crippen LogP contribution < -0.4 is 5.73 Å². The van der Waals surface area contributed by atoms with Gasteiger partial charge in [0.25, 0.3) is 0 Å². The van der Waals surface area contributed by atoms with Crippen molar-refractivity contribution in [3.05, 3.63) is 0 Å². The second-order valence-corrected chi connectivity index (χ2v) is 6.48. The summed E-state index contributed by atoms with van der Waals surface area (Å²) in [4.78, 5) is 0. The molecule has 2 fully saturated rings. The lowest BCUT2D eigenvalue weighted by Gasteiger charge is -2.26. The third-order valence-electron chi connectivity index (χ3n) is 3.14. The lowest BCUT2D eigenvalue weighted by molar-refractivity contribution is 0.0974. The third-order valence-corrected chi connectivity index (χ3v) is 5.50. The summed E-state index contributed by atoms with van der Waals surface area (Å²) in [6.07, 6.45) is 2.02. The van der Waals surface area contributed by atoms with E-state index in [-0.39, 0.29) is 11.3 Å². The van der Waals surface area contributed by atoms with Crippen molar-refractivity contribution in [2.24, 2.45) is 5.73 Å². The maximum Gasteiger partial charge on any atom is 0.217 e. The second kappa shape index (κ2) is 4.37. The molecule has 2 saturated heterocycles. The minimum atomic E-state index is -3.12. The van der Waals surface area contributed by atoms with Crippen LogP contribution in [-0.4, -0.2) is 50.3 Å². The fourth-order valence-electron chi connectivity index (χ4n) is 2.17. The molecule has 15 heavy (non-hydrogen) atoms. The number of hydrogen-bond donors (Lipinski definition) is 1. The standard InChI is InChI=1S/C9H18N2O3S/c10-8-1-4-11(7-8)15(12,13)9-2-5-14-6-3-9/h8-9H,1-7,10H2. The van der Waals surface area contributed by atoms with Crippen LogP contribution in [0.1, 0.15) is 19.3 Å². The fraction of sp³-hybridized carbons (Fsp3) is 1.00. The van der Waals surface area contributed by atoms with Gasteiger partial charge in [-0.05, 0) is 19.3 Å². The van der Waals surface area contributed by atoms with Crippen LogP contribution in [0.4, 0.5) is 0 Å². The molecule has 2 rings (SSSR count). The zero-order chi connectivity index (χ0) is 10.9. The molecule has 5 nitrogen and oxygen atoms in total. The maximum atomic E-state index is 12.1. The quantitative estimate of drug-likeness (QED) is 0.701. The van der Waals surface area contributed by atoms with Gasteiger partial charge in [0, 0.05) is 32.3 Å². The molecular weight excluding hydrogens is 216 g/mol. The van der Waals surface area contributed by atoms with Crippen molar-refractivity contribution >= 4 is 10.0 Å². The lowest BCUT2D eigenvalue weighted by atomic mass is 10.2. The third kappa shape index (κ3) is 2.33. The van der Waals surface area contributed by atoms with Gasteiger partial charge in [-0.2, -0.15) is 0 Å². The van der Waals surface area contributed by atoms with E-state index in [9.17, 15) is 8.42 Å². The number of nitrogens with zero attached hydrogens (tertiary/aromatic N) is 1. The van der Waals surface area contributed by atoms with Crippen LogP contribution in [-0.2, 0) is 14.8 Å². The molecule has 2 heterocycles. The van der Waals surface area contributed by atoms with Crippen LogP contribution in [0.2, 0.25) is 0 Å². The van der Waals surface area contributed by atoms with Crippen molar-refractivity contribution in [1.29, 1.82) is 0 Å². The van der Waals surface area contributed by atoms with Gasteiger partial charge in [-0.3, -0.25) is 0 Å². The second-order valence-electron chi connectivity index (χ2n) is 4.26. The molecule has 0 aromatic carbocycles. The van der Waals surface area contributed by atoms with E-state index in [1.165, 1.54) is 0 Å². The number of rotatable bonds is 2. The molecule has 0 aliphatic carbocycles. The fourth-order valence-corrected chi connectivity index (χ4v) is 4.14. The summed E-state index contributed by atoms with van der Waals surface area (Å²) in [5.41, 5.74) is 5.72. The molecule has 2 N–H and O–H groups in total. The first-order valence-corrected chi connectivity index (χ1v) is 6.93. The molecule has 6 heteroatoms. The normalized spacial score (nSPS) is 30.9. The van der Waals surface area contributed by atoms with Gasteiger partial charge >= 0.3 is 0 Å². The van der Waals surface area contributed by atoms with Crippen molar-refractivity contribution in [3.8, 4) is 0 Å². The highest BCUT2D eigenvalue weighted by atomic mass is 32.2. The van der Waals surface area contributed by atoms with E-state index in [4.69, 9.17) is 10.5 Å². The van der Waals surface area contributed by atoms with Crippen LogP contribution in [0, 0.1) is 0 Å². The summed E-state index contributed by atoms with van der Waals surface area (Å²) >= 11 is 0. The Hall–Kier alpha value is -0.170. The number of nitrogens with two attached hydrogens (primary N) is 1. The molecule has 1 atom stereocenters. The predicted octanol–water partition coefficient (Wildman–Crippen LogP) is -0.472. The minimum Gasteiger partial charge on any atom is -0.381 e. The molecule has 0 spiro atoms. The lowest BCUT2D eigenvalue weighted by Crippen LogP contribution is -2.41. The Bertz CT molecular complexity index is 301. The Morgan fingerprint density at radius 2 is 1.87 bits per heavy atom. The Labute approximate surface area is 90.6 Å². The maximum absolute atomic E-state index is 12.1. The molecule has 0 aromatic rings. The topological polar surface area (TPSA) is 72.6 Å². The van der Waals surface area contributed by atoms with E-state index < -0.39 is 10.0 Å². The average Bonchev–Trinajstić information content (AvgIpc) is 2.67. The molecule has 0 aromatic heterocycles. The van der Waals surface area contributed by atoms with Gasteiger partial charge in [0.1, 0.15) is 0 Å². The first-order chi connectivity index (χ1) is 7.10. The summed E-state index contributed by atoms with van der Waals surface area (Å²) in [5.74, 6) is 0. The van der Waals surface area contributed by atoms with Crippen molar-refractivity contribution < 1.29 is 13.2 Å². The van der Waals surface area contributed by atoms with Crippen LogP contribution in [0.25, 0.3) is 0 Å². The van der Waals surface area contributed by atoms with E-state index in [2.05, 4.69) is 0 Å². The van der Waals surface area contributed by atoms with E-state index >= 15 is 0 Å². The minimum absolute atomic E-state index is 0.0135. The van der Waals surface area contributed by atoms with Gasteiger partial charge in [-0.25, -0.2) is 12.7 Å². The number of hydrogen-bond acceptors (Lipinski definition) is 4. The molecule has 0 saturated carbocycles. The number of ether oxygens (including phenoxy) is 1. The highest BCUT2D eigenvalue weighted by Crippen LogP contribution is 2.22. The van der Waals surface area contributed by atoms with Gasteiger partial charge < -0.3 is 10.5 Å². The molecule has 1 unspecified atom stereocenters. The van der Waals surface area contributed by atoms with Crippen LogP contribution in [0.15, 0.2) is 0 Å². The van der Waals surface area contributed by atoms with E-state index in [1.54, 1.807) is 4.31 Å². The highest BCUT2D eigenvalue weighted by Gasteiger charge is 2.36. The average molecular weight is 234 g/mol. The highest BCUT2D eigenvalue weighted by molar-refractivity contribution is 7.89. The van der Waals surface area contributed by atoms with Gasteiger partial charge in [0.15, 0.2) is 0 Å². The van der Waals surface area contributed by atoms with Crippen LogP contribution in [0.3, 0.4) is 0 Å². The van der Waals surface area contributed by atoms with Crippen molar-refractivity contribution in [2.75, 3.05) is 26.3 Å². The Balaban J connectivity index is 2.05. The monoisotopic (exact) mass is 234 g/mol. The van der Waals surface area contributed by atoms with Crippen molar-refractivity contribution in [1.82, 2.24) is 4.31 Å². The van der Waals surface area contributed by atoms with Gasteiger partial charge in [0.2, 0.25) is 10.0 Å². The van der Waals surface area contributed by atoms with Gasteiger partial charge in [-0.15, -0.1) is 0 Å². The molecule has 88 valence electrons. The summed E-state index contributed by atoms with van der Waals surface area (Å²) < 4.78 is 31.0. The van der Waals surface area contributed by atoms with Crippen molar-refractivity contribution in [2.45, 2.75) is 30.6 Å². The molecular formula is C9H18N2O3S. The molecule has 2 aliphatic heterocycles. The Morgan fingerprint density at radius 3 is 2.40 bits per heavy atom. The van der Waals surface area contributed by atoms with E-state index in [0.29, 0.717) is 39.1 Å². The zero-order valence-corrected chi connectivity index (χ0v) is 9.58. The summed E-state index contributed by atoms with van der Waals surface area (Å²) in [5, 5.41) is -0.253. The van der Waals surface area contributed by atoms with E-state index in [0.717, 1.165) is 6.42 Å². The van der Waals surface area contributed by atoms with Crippen LogP contribution >= 0.6 is 0 Å². The molecule has 2 aliphatic rings. The molecule has 0 radical (unpaired) electrons. The van der Waals surface area contributed by atoms with E-state index in [1.807, 2.05) is 0 Å². The molecule has 0 amide bonds. The SMILES string of the molecule is NC1CCN(S(=O)(=O)C2CCOCC2)C1. The Kier molecular flexibility index (Phi) is 3.30. The Morgan fingerprint density at radius 1 is 1.20 bits per heavy atom. The summed E-state index contributed by atoms with van der Waals surface area (Å²) in [7, 11) is -3.12. The predicted molar refractivity (Wildman–Crippen MR) is 56.9 cm³/mol. The van der Waals surface area contributed by atoms with Gasteiger partial charge in [-0.1, -0.05) is 0 Å².